The summed E-state index contributed by atoms with van der Waals surface area (Å²) in [7, 11) is -5.59. The lowest BCUT2D eigenvalue weighted by Crippen LogP contribution is -2.31. The Morgan fingerprint density at radius 2 is 1.92 bits per heavy atom. The maximum Gasteiger partial charge on any atom is 0.516 e. The molecule has 0 saturated heterocycles. The summed E-state index contributed by atoms with van der Waals surface area (Å²) in [4.78, 5) is 11.8. The zero-order chi connectivity index (χ0) is 20.1. The van der Waals surface area contributed by atoms with Crippen LogP contribution in [0.25, 0.3) is 0 Å². The van der Waals surface area contributed by atoms with E-state index in [-0.39, 0.29) is 30.1 Å². The number of anilines is 1. The van der Waals surface area contributed by atoms with Crippen LogP contribution in [-0.4, -0.2) is 43.9 Å². The van der Waals surface area contributed by atoms with Crippen LogP contribution in [0, 0.1) is 6.92 Å². The summed E-state index contributed by atoms with van der Waals surface area (Å²) in [6, 6.07) is 4.12. The zero-order valence-electron chi connectivity index (χ0n) is 14.7. The molecule has 1 amide bonds. The fourth-order valence-electron chi connectivity index (χ4n) is 1.92. The first-order valence-corrected chi connectivity index (χ1v) is 9.10. The standard InChI is InChI=1S/C15H20F3N3O4S/c1-5-21(14(22)25-6-2)19-11(4)12-9-10(3)7-8-13(12)20-26(23,24)15(16,17)18/h7-9,20H,5-6H2,1-4H3/b19-11+. The van der Waals surface area contributed by atoms with Gasteiger partial charge in [0.2, 0.25) is 0 Å². The summed E-state index contributed by atoms with van der Waals surface area (Å²) in [5, 5.41) is 5.03. The topological polar surface area (TPSA) is 88.1 Å². The van der Waals surface area contributed by atoms with E-state index in [2.05, 4.69) is 5.10 Å². The number of ether oxygens (including phenoxy) is 1. The molecule has 1 aromatic carbocycles. The van der Waals surface area contributed by atoms with Gasteiger partial charge < -0.3 is 4.74 Å². The molecule has 26 heavy (non-hydrogen) atoms. The van der Waals surface area contributed by atoms with Crippen molar-refractivity contribution in [1.29, 1.82) is 0 Å². The van der Waals surface area contributed by atoms with Crippen LogP contribution in [0.15, 0.2) is 23.3 Å². The molecule has 1 N–H and O–H groups in total. The van der Waals surface area contributed by atoms with Gasteiger partial charge in [-0.05, 0) is 39.8 Å². The van der Waals surface area contributed by atoms with E-state index in [9.17, 15) is 26.4 Å². The summed E-state index contributed by atoms with van der Waals surface area (Å²) in [5.74, 6) is 0. The minimum atomic E-state index is -5.59. The van der Waals surface area contributed by atoms with Crippen LogP contribution < -0.4 is 4.72 Å². The first-order valence-electron chi connectivity index (χ1n) is 7.62. The van der Waals surface area contributed by atoms with Gasteiger partial charge in [-0.15, -0.1) is 0 Å². The Balaban J connectivity index is 3.33. The van der Waals surface area contributed by atoms with Crippen LogP contribution in [0.2, 0.25) is 0 Å². The fraction of sp³-hybridized carbons (Fsp3) is 0.467. The number of benzene rings is 1. The molecule has 7 nitrogen and oxygen atoms in total. The summed E-state index contributed by atoms with van der Waals surface area (Å²) < 4.78 is 67.0. The van der Waals surface area contributed by atoms with E-state index in [1.807, 2.05) is 0 Å². The number of hydrazone groups is 1. The first-order chi connectivity index (χ1) is 11.9. The third kappa shape index (κ3) is 5.35. The summed E-state index contributed by atoms with van der Waals surface area (Å²) in [6.45, 7) is 6.67. The Kier molecular flexibility index (Phi) is 7.01. The van der Waals surface area contributed by atoms with Gasteiger partial charge in [0.1, 0.15) is 0 Å². The minimum Gasteiger partial charge on any atom is -0.448 e. The number of rotatable bonds is 6. The number of aryl methyl sites for hydroxylation is 1. The highest BCUT2D eigenvalue weighted by Gasteiger charge is 2.46. The van der Waals surface area contributed by atoms with Gasteiger partial charge in [-0.2, -0.15) is 31.7 Å². The largest absolute Gasteiger partial charge is 0.516 e. The molecule has 146 valence electrons. The van der Waals surface area contributed by atoms with E-state index in [1.165, 1.54) is 29.8 Å². The van der Waals surface area contributed by atoms with Gasteiger partial charge in [0.25, 0.3) is 0 Å². The van der Waals surface area contributed by atoms with Crippen molar-refractivity contribution in [3.63, 3.8) is 0 Å². The number of alkyl halides is 3. The molecule has 0 aliphatic carbocycles. The molecule has 1 aromatic rings. The number of carbonyl (C=O) groups is 1. The second-order valence-electron chi connectivity index (χ2n) is 5.20. The Bertz CT molecular complexity index is 792. The highest BCUT2D eigenvalue weighted by Crippen LogP contribution is 2.28. The number of nitrogens with zero attached hydrogens (tertiary/aromatic N) is 2. The van der Waals surface area contributed by atoms with Crippen LogP contribution in [0.3, 0.4) is 0 Å². The summed E-state index contributed by atoms with van der Waals surface area (Å²) in [5.41, 5.74) is -4.83. The van der Waals surface area contributed by atoms with Crippen LogP contribution >= 0.6 is 0 Å². The Morgan fingerprint density at radius 3 is 2.42 bits per heavy atom. The van der Waals surface area contributed by atoms with Gasteiger partial charge in [-0.25, -0.2) is 4.79 Å². The molecule has 1 rings (SSSR count). The highest BCUT2D eigenvalue weighted by atomic mass is 32.2. The van der Waals surface area contributed by atoms with Crippen molar-refractivity contribution < 1.29 is 31.1 Å². The van der Waals surface area contributed by atoms with Gasteiger partial charge in [0.05, 0.1) is 18.0 Å². The third-order valence-electron chi connectivity index (χ3n) is 3.16. The molecule has 0 radical (unpaired) electrons. The number of halogens is 3. The van der Waals surface area contributed by atoms with Gasteiger partial charge in [-0.1, -0.05) is 11.6 Å². The molecule has 0 atom stereocenters. The number of sulfonamides is 1. The predicted octanol–water partition coefficient (Wildman–Crippen LogP) is 3.46. The third-order valence-corrected chi connectivity index (χ3v) is 4.26. The van der Waals surface area contributed by atoms with Gasteiger partial charge in [-0.3, -0.25) is 4.72 Å². The lowest BCUT2D eigenvalue weighted by molar-refractivity contribution is -0.0429. The molecule has 0 fully saturated rings. The minimum absolute atomic E-state index is 0.112. The molecular formula is C15H20F3N3O4S. The molecule has 0 aliphatic rings. The Hall–Kier alpha value is -2.30. The Morgan fingerprint density at radius 1 is 1.31 bits per heavy atom. The molecule has 0 heterocycles. The Labute approximate surface area is 149 Å². The van der Waals surface area contributed by atoms with Crippen molar-refractivity contribution in [1.82, 2.24) is 5.01 Å². The van der Waals surface area contributed by atoms with E-state index < -0.39 is 21.6 Å². The van der Waals surface area contributed by atoms with Crippen molar-refractivity contribution >= 4 is 27.5 Å². The van der Waals surface area contributed by atoms with Gasteiger partial charge >= 0.3 is 21.6 Å². The number of hydrogen-bond acceptors (Lipinski definition) is 5. The molecule has 0 bridgehead atoms. The van der Waals surface area contributed by atoms with E-state index in [0.29, 0.717) is 5.56 Å². The smallest absolute Gasteiger partial charge is 0.448 e. The lowest BCUT2D eigenvalue weighted by Gasteiger charge is -2.18. The maximum atomic E-state index is 12.6. The van der Waals surface area contributed by atoms with Crippen LogP contribution in [0.5, 0.6) is 0 Å². The second kappa shape index (κ2) is 8.39. The highest BCUT2D eigenvalue weighted by molar-refractivity contribution is 7.93. The molecule has 0 unspecified atom stereocenters. The predicted molar refractivity (Wildman–Crippen MR) is 91.4 cm³/mol. The molecule has 11 heteroatoms. The van der Waals surface area contributed by atoms with E-state index in [0.717, 1.165) is 5.01 Å². The van der Waals surface area contributed by atoms with Crippen molar-refractivity contribution in [2.45, 2.75) is 33.2 Å². The monoisotopic (exact) mass is 395 g/mol. The molecule has 0 aromatic heterocycles. The van der Waals surface area contributed by atoms with Crippen LogP contribution in [0.1, 0.15) is 31.9 Å². The average Bonchev–Trinajstić information content (AvgIpc) is 2.52. The number of carbonyl (C=O) groups excluding carboxylic acids is 1. The van der Waals surface area contributed by atoms with Gasteiger partial charge in [0, 0.05) is 12.1 Å². The quantitative estimate of drug-likeness (QED) is 0.590. The normalized spacial score (nSPS) is 12.7. The van der Waals surface area contributed by atoms with Crippen molar-refractivity contribution in [3.8, 4) is 0 Å². The number of nitrogens with one attached hydrogen (secondary N) is 1. The van der Waals surface area contributed by atoms with Crippen molar-refractivity contribution in [2.24, 2.45) is 5.10 Å². The molecule has 0 saturated carbocycles. The lowest BCUT2D eigenvalue weighted by atomic mass is 10.1. The zero-order valence-corrected chi connectivity index (χ0v) is 15.5. The maximum absolute atomic E-state index is 12.6. The first kappa shape index (κ1) is 21.7. The molecule has 0 spiro atoms. The van der Waals surface area contributed by atoms with Crippen LogP contribution in [-0.2, 0) is 14.8 Å². The van der Waals surface area contributed by atoms with E-state index >= 15 is 0 Å². The van der Waals surface area contributed by atoms with Crippen molar-refractivity contribution in [3.05, 3.63) is 29.3 Å². The fourth-order valence-corrected chi connectivity index (χ4v) is 2.51. The second-order valence-corrected chi connectivity index (χ2v) is 6.87. The number of amides is 1. The van der Waals surface area contributed by atoms with E-state index in [1.54, 1.807) is 20.8 Å². The van der Waals surface area contributed by atoms with Crippen molar-refractivity contribution in [2.75, 3.05) is 17.9 Å². The summed E-state index contributed by atoms with van der Waals surface area (Å²) in [6.07, 6.45) is -0.723. The molecule has 0 aliphatic heterocycles. The average molecular weight is 395 g/mol. The molecular weight excluding hydrogens is 375 g/mol. The number of hydrogen-bond donors (Lipinski definition) is 1. The SMILES string of the molecule is CCOC(=O)N(CC)/N=C(\C)c1cc(C)ccc1NS(=O)(=O)C(F)(F)F. The van der Waals surface area contributed by atoms with E-state index in [4.69, 9.17) is 4.74 Å². The van der Waals surface area contributed by atoms with Crippen LogP contribution in [0.4, 0.5) is 23.7 Å². The van der Waals surface area contributed by atoms with Gasteiger partial charge in [0.15, 0.2) is 0 Å². The summed E-state index contributed by atoms with van der Waals surface area (Å²) >= 11 is 0.